The minimum Gasteiger partial charge on any atom is -0.450 e. The Bertz CT molecular complexity index is 1380. The Kier molecular flexibility index (Phi) is 4.53. The van der Waals surface area contributed by atoms with Gasteiger partial charge in [0.05, 0.1) is 17.0 Å². The van der Waals surface area contributed by atoms with Gasteiger partial charge in [0.2, 0.25) is 5.76 Å². The number of rotatable bonds is 2. The first-order chi connectivity index (χ1) is 14.5. The number of hydrogen-bond acceptors (Lipinski definition) is 3. The molecule has 0 bridgehead atoms. The summed E-state index contributed by atoms with van der Waals surface area (Å²) in [6.45, 7) is 1.90. The number of fused-ring (bicyclic) bond motifs is 2. The van der Waals surface area contributed by atoms with Crippen LogP contribution in [0.1, 0.15) is 33.3 Å². The van der Waals surface area contributed by atoms with Gasteiger partial charge in [0.25, 0.3) is 5.91 Å². The van der Waals surface area contributed by atoms with Crippen molar-refractivity contribution in [1.29, 1.82) is 0 Å². The average molecular weight is 481 g/mol. The van der Waals surface area contributed by atoms with Crippen molar-refractivity contribution in [3.63, 3.8) is 0 Å². The summed E-state index contributed by atoms with van der Waals surface area (Å²) < 4.78 is 6.85. The van der Waals surface area contributed by atoms with Crippen LogP contribution in [0, 0.1) is 6.92 Å². The SMILES string of the molecule is Cc1ccc(N2C(=O)c3oc4ccccc4c(=O)c3C2c2ccc(Br)cc2)cc1Cl. The van der Waals surface area contributed by atoms with Gasteiger partial charge in [-0.1, -0.05) is 57.9 Å². The number of halogens is 2. The molecule has 0 N–H and O–H groups in total. The molecule has 2 heterocycles. The molecule has 6 heteroatoms. The molecule has 1 aromatic heterocycles. The lowest BCUT2D eigenvalue weighted by atomic mass is 9.98. The van der Waals surface area contributed by atoms with E-state index in [-0.39, 0.29) is 17.1 Å². The second kappa shape index (κ2) is 7.11. The first-order valence-electron chi connectivity index (χ1n) is 9.36. The summed E-state index contributed by atoms with van der Waals surface area (Å²) in [7, 11) is 0. The van der Waals surface area contributed by atoms with Gasteiger partial charge in [-0.15, -0.1) is 0 Å². The summed E-state index contributed by atoms with van der Waals surface area (Å²) in [6.07, 6.45) is 0. The van der Waals surface area contributed by atoms with Crippen LogP contribution in [0.5, 0.6) is 0 Å². The quantitative estimate of drug-likeness (QED) is 0.340. The zero-order valence-corrected chi connectivity index (χ0v) is 18.2. The molecule has 4 aromatic rings. The van der Waals surface area contributed by atoms with Gasteiger partial charge in [0.15, 0.2) is 5.43 Å². The number of carbonyl (C=O) groups excluding carboxylic acids is 1. The van der Waals surface area contributed by atoms with Gasteiger partial charge >= 0.3 is 0 Å². The average Bonchev–Trinajstić information content (AvgIpc) is 3.04. The second-order valence-corrected chi connectivity index (χ2v) is 8.56. The van der Waals surface area contributed by atoms with E-state index in [1.54, 1.807) is 35.2 Å². The Labute approximate surface area is 185 Å². The highest BCUT2D eigenvalue weighted by atomic mass is 79.9. The van der Waals surface area contributed by atoms with Gasteiger partial charge < -0.3 is 4.42 Å². The van der Waals surface area contributed by atoms with E-state index in [1.807, 2.05) is 43.3 Å². The molecule has 1 aliphatic rings. The third-order valence-corrected chi connectivity index (χ3v) is 6.33. The maximum Gasteiger partial charge on any atom is 0.295 e. The standard InChI is InChI=1S/C24H15BrClNO3/c1-13-6-11-16(12-18(13)26)27-21(14-7-9-15(25)10-8-14)20-22(28)17-4-2-3-5-19(17)30-23(20)24(27)29/h2-12,21H,1H3. The largest absolute Gasteiger partial charge is 0.450 e. The van der Waals surface area contributed by atoms with Crippen LogP contribution in [0.3, 0.4) is 0 Å². The van der Waals surface area contributed by atoms with Crippen LogP contribution in [0.25, 0.3) is 11.0 Å². The van der Waals surface area contributed by atoms with Gasteiger partial charge in [-0.3, -0.25) is 14.5 Å². The molecule has 1 amide bonds. The van der Waals surface area contributed by atoms with Crippen molar-refractivity contribution in [3.8, 4) is 0 Å². The molecule has 0 saturated heterocycles. The molecule has 4 nitrogen and oxygen atoms in total. The molecule has 30 heavy (non-hydrogen) atoms. The monoisotopic (exact) mass is 479 g/mol. The van der Waals surface area contributed by atoms with Gasteiger partial charge in [-0.05, 0) is 54.4 Å². The van der Waals surface area contributed by atoms with Gasteiger partial charge in [0, 0.05) is 15.2 Å². The molecule has 148 valence electrons. The number of benzene rings is 3. The highest BCUT2D eigenvalue weighted by molar-refractivity contribution is 9.10. The Morgan fingerprint density at radius 1 is 1.00 bits per heavy atom. The molecule has 0 saturated carbocycles. The molecule has 5 rings (SSSR count). The molecule has 0 aliphatic carbocycles. The van der Waals surface area contributed by atoms with Crippen molar-refractivity contribution in [3.05, 3.63) is 109 Å². The Balaban J connectivity index is 1.81. The number of carbonyl (C=O) groups is 1. The first-order valence-corrected chi connectivity index (χ1v) is 10.5. The molecule has 1 aliphatic heterocycles. The van der Waals surface area contributed by atoms with Crippen LogP contribution in [0.2, 0.25) is 5.02 Å². The minimum atomic E-state index is -0.611. The van der Waals surface area contributed by atoms with Crippen molar-refractivity contribution in [1.82, 2.24) is 0 Å². The fourth-order valence-corrected chi connectivity index (χ4v) is 4.32. The number of anilines is 1. The van der Waals surface area contributed by atoms with Crippen molar-refractivity contribution in [2.24, 2.45) is 0 Å². The van der Waals surface area contributed by atoms with Crippen molar-refractivity contribution < 1.29 is 9.21 Å². The highest BCUT2D eigenvalue weighted by Crippen LogP contribution is 2.42. The lowest BCUT2D eigenvalue weighted by Gasteiger charge is -2.25. The normalized spacial score (nSPS) is 15.6. The molecule has 0 spiro atoms. The van der Waals surface area contributed by atoms with E-state index in [2.05, 4.69) is 15.9 Å². The van der Waals surface area contributed by atoms with E-state index in [1.165, 1.54) is 0 Å². The minimum absolute atomic E-state index is 0.0725. The second-order valence-electron chi connectivity index (χ2n) is 7.23. The Hall–Kier alpha value is -2.89. The third-order valence-electron chi connectivity index (χ3n) is 5.40. The van der Waals surface area contributed by atoms with Crippen LogP contribution in [-0.4, -0.2) is 5.91 Å². The molecule has 0 fully saturated rings. The zero-order chi connectivity index (χ0) is 21.0. The van der Waals surface area contributed by atoms with Crippen molar-refractivity contribution in [2.75, 3.05) is 4.90 Å². The fourth-order valence-electron chi connectivity index (χ4n) is 3.88. The number of hydrogen-bond donors (Lipinski definition) is 0. The van der Waals surface area contributed by atoms with E-state index in [4.69, 9.17) is 16.0 Å². The number of nitrogens with zero attached hydrogens (tertiary/aromatic N) is 1. The summed E-state index contributed by atoms with van der Waals surface area (Å²) in [6, 6.07) is 19.4. The predicted octanol–water partition coefficient (Wildman–Crippen LogP) is 6.27. The topological polar surface area (TPSA) is 50.5 Å². The maximum atomic E-state index is 13.5. The van der Waals surface area contributed by atoms with Crippen LogP contribution < -0.4 is 10.3 Å². The van der Waals surface area contributed by atoms with Crippen LogP contribution >= 0.6 is 27.5 Å². The summed E-state index contributed by atoms with van der Waals surface area (Å²) in [5, 5.41) is 1.00. The summed E-state index contributed by atoms with van der Waals surface area (Å²) >= 11 is 9.80. The van der Waals surface area contributed by atoms with E-state index < -0.39 is 6.04 Å². The molecule has 3 aromatic carbocycles. The molecular formula is C24H15BrClNO3. The molecule has 1 unspecified atom stereocenters. The summed E-state index contributed by atoms with van der Waals surface area (Å²) in [4.78, 5) is 28.5. The summed E-state index contributed by atoms with van der Waals surface area (Å²) in [5.41, 5.74) is 2.87. The number of amides is 1. The molecular weight excluding hydrogens is 466 g/mol. The van der Waals surface area contributed by atoms with Crippen LogP contribution in [0.15, 0.2) is 80.4 Å². The number of para-hydroxylation sites is 1. The Morgan fingerprint density at radius 2 is 1.73 bits per heavy atom. The lowest BCUT2D eigenvalue weighted by molar-refractivity contribution is 0.0971. The van der Waals surface area contributed by atoms with E-state index in [0.29, 0.717) is 27.2 Å². The predicted molar refractivity (Wildman–Crippen MR) is 121 cm³/mol. The van der Waals surface area contributed by atoms with E-state index in [9.17, 15) is 9.59 Å². The van der Waals surface area contributed by atoms with Crippen molar-refractivity contribution in [2.45, 2.75) is 13.0 Å². The smallest absolute Gasteiger partial charge is 0.295 e. The molecule has 0 radical (unpaired) electrons. The van der Waals surface area contributed by atoms with E-state index >= 15 is 0 Å². The fraction of sp³-hybridized carbons (Fsp3) is 0.0833. The van der Waals surface area contributed by atoms with Gasteiger partial charge in [-0.2, -0.15) is 0 Å². The highest BCUT2D eigenvalue weighted by Gasteiger charge is 2.43. The zero-order valence-electron chi connectivity index (χ0n) is 15.9. The summed E-state index contributed by atoms with van der Waals surface area (Å²) in [5.74, 6) is -0.288. The lowest BCUT2D eigenvalue weighted by Crippen LogP contribution is -2.29. The number of aryl methyl sites for hydroxylation is 1. The van der Waals surface area contributed by atoms with Gasteiger partial charge in [-0.25, -0.2) is 0 Å². The molecule has 1 atom stereocenters. The van der Waals surface area contributed by atoms with Crippen molar-refractivity contribution >= 4 is 50.1 Å². The Morgan fingerprint density at radius 3 is 2.47 bits per heavy atom. The van der Waals surface area contributed by atoms with Gasteiger partial charge in [0.1, 0.15) is 5.58 Å². The first kappa shape index (κ1) is 19.1. The maximum absolute atomic E-state index is 13.5. The van der Waals surface area contributed by atoms with Crippen LogP contribution in [0.4, 0.5) is 5.69 Å². The van der Waals surface area contributed by atoms with Crippen LogP contribution in [-0.2, 0) is 0 Å². The third kappa shape index (κ3) is 2.89. The van der Waals surface area contributed by atoms with E-state index in [0.717, 1.165) is 15.6 Å².